The number of thioether (sulfide) groups is 1. The Kier molecular flexibility index (Phi) is 4.11. The number of hydrogen-bond acceptors (Lipinski definition) is 3. The third-order valence-corrected chi connectivity index (χ3v) is 3.51. The highest BCUT2D eigenvalue weighted by Crippen LogP contribution is 2.31. The standard InChI is InChI=1S/C10H13NOS.ClH/c1-12-9-2-3-10-7(5-9)4-8(11)6-13-10;/h2-3,5,8H,4,6,11H2,1H3;1H. The molecule has 78 valence electrons. The number of rotatable bonds is 1. The van der Waals surface area contributed by atoms with Gasteiger partial charge in [-0.25, -0.2) is 0 Å². The number of halogens is 1. The van der Waals surface area contributed by atoms with E-state index in [1.54, 1.807) is 7.11 Å². The van der Waals surface area contributed by atoms with E-state index in [-0.39, 0.29) is 12.4 Å². The zero-order valence-electron chi connectivity index (χ0n) is 8.03. The Bertz CT molecular complexity index is 319. The molecule has 1 aliphatic heterocycles. The molecule has 1 heterocycles. The van der Waals surface area contributed by atoms with Gasteiger partial charge >= 0.3 is 0 Å². The maximum absolute atomic E-state index is 5.88. The van der Waals surface area contributed by atoms with Crippen molar-refractivity contribution in [2.75, 3.05) is 12.9 Å². The number of hydrogen-bond donors (Lipinski definition) is 1. The second kappa shape index (κ2) is 4.91. The molecule has 1 aliphatic rings. The monoisotopic (exact) mass is 231 g/mol. The summed E-state index contributed by atoms with van der Waals surface area (Å²) in [7, 11) is 1.69. The van der Waals surface area contributed by atoms with Gasteiger partial charge in [-0.3, -0.25) is 0 Å². The number of ether oxygens (including phenoxy) is 1. The summed E-state index contributed by atoms with van der Waals surface area (Å²) < 4.78 is 5.17. The lowest BCUT2D eigenvalue weighted by atomic mass is 10.1. The topological polar surface area (TPSA) is 35.2 Å². The zero-order valence-corrected chi connectivity index (χ0v) is 9.66. The first-order valence-electron chi connectivity index (χ1n) is 4.35. The van der Waals surface area contributed by atoms with Gasteiger partial charge < -0.3 is 10.5 Å². The smallest absolute Gasteiger partial charge is 0.119 e. The Balaban J connectivity index is 0.000000980. The molecule has 14 heavy (non-hydrogen) atoms. The van der Waals surface area contributed by atoms with E-state index in [1.807, 2.05) is 17.8 Å². The predicted octanol–water partition coefficient (Wildman–Crippen LogP) is 2.09. The first-order chi connectivity index (χ1) is 6.29. The van der Waals surface area contributed by atoms with E-state index >= 15 is 0 Å². The molecule has 2 nitrogen and oxygen atoms in total. The van der Waals surface area contributed by atoms with Crippen molar-refractivity contribution in [3.63, 3.8) is 0 Å². The lowest BCUT2D eigenvalue weighted by Gasteiger charge is -2.21. The summed E-state index contributed by atoms with van der Waals surface area (Å²) in [6, 6.07) is 6.50. The van der Waals surface area contributed by atoms with Crippen LogP contribution in [0.3, 0.4) is 0 Å². The molecule has 0 saturated heterocycles. The van der Waals surface area contributed by atoms with Gasteiger partial charge in [0.15, 0.2) is 0 Å². The molecule has 0 saturated carbocycles. The molecule has 1 atom stereocenters. The number of methoxy groups -OCH3 is 1. The molecule has 0 radical (unpaired) electrons. The molecule has 0 aliphatic carbocycles. The van der Waals surface area contributed by atoms with Crippen LogP contribution in [0.4, 0.5) is 0 Å². The quantitative estimate of drug-likeness (QED) is 0.804. The number of nitrogens with two attached hydrogens (primary N) is 1. The van der Waals surface area contributed by atoms with Crippen molar-refractivity contribution in [3.8, 4) is 5.75 Å². The molecule has 0 fully saturated rings. The first-order valence-corrected chi connectivity index (χ1v) is 5.33. The van der Waals surface area contributed by atoms with E-state index in [0.717, 1.165) is 17.9 Å². The van der Waals surface area contributed by atoms with E-state index < -0.39 is 0 Å². The van der Waals surface area contributed by atoms with Gasteiger partial charge in [0.1, 0.15) is 5.75 Å². The van der Waals surface area contributed by atoms with Crippen LogP contribution in [-0.4, -0.2) is 18.9 Å². The minimum Gasteiger partial charge on any atom is -0.497 e. The minimum absolute atomic E-state index is 0. The van der Waals surface area contributed by atoms with Gasteiger partial charge in [0.05, 0.1) is 7.11 Å². The molecule has 1 aromatic rings. The molecule has 4 heteroatoms. The fraction of sp³-hybridized carbons (Fsp3) is 0.400. The lowest BCUT2D eigenvalue weighted by molar-refractivity contribution is 0.413. The van der Waals surface area contributed by atoms with Crippen LogP contribution in [-0.2, 0) is 6.42 Å². The third kappa shape index (κ3) is 2.35. The van der Waals surface area contributed by atoms with E-state index in [1.165, 1.54) is 10.5 Å². The molecule has 0 spiro atoms. The van der Waals surface area contributed by atoms with Gasteiger partial charge in [-0.2, -0.15) is 0 Å². The van der Waals surface area contributed by atoms with E-state index in [4.69, 9.17) is 10.5 Å². The average Bonchev–Trinajstić information content (AvgIpc) is 2.16. The van der Waals surface area contributed by atoms with Gasteiger partial charge in [0, 0.05) is 16.7 Å². The van der Waals surface area contributed by atoms with E-state index in [0.29, 0.717) is 6.04 Å². The average molecular weight is 232 g/mol. The van der Waals surface area contributed by atoms with E-state index in [2.05, 4.69) is 12.1 Å². The highest BCUT2D eigenvalue weighted by atomic mass is 35.5. The van der Waals surface area contributed by atoms with Crippen molar-refractivity contribution in [3.05, 3.63) is 23.8 Å². The second-order valence-electron chi connectivity index (χ2n) is 3.25. The van der Waals surface area contributed by atoms with Crippen LogP contribution in [0.5, 0.6) is 5.75 Å². The van der Waals surface area contributed by atoms with Gasteiger partial charge in [0.25, 0.3) is 0 Å². The summed E-state index contributed by atoms with van der Waals surface area (Å²) in [6.07, 6.45) is 0.972. The summed E-state index contributed by atoms with van der Waals surface area (Å²) in [4.78, 5) is 1.35. The summed E-state index contributed by atoms with van der Waals surface area (Å²) in [5, 5.41) is 0. The second-order valence-corrected chi connectivity index (χ2v) is 4.31. The summed E-state index contributed by atoms with van der Waals surface area (Å²) in [5.41, 5.74) is 7.20. The molecule has 0 aromatic heterocycles. The fourth-order valence-electron chi connectivity index (χ4n) is 1.52. The van der Waals surface area contributed by atoms with Crippen LogP contribution in [0, 0.1) is 0 Å². The summed E-state index contributed by atoms with van der Waals surface area (Å²) in [6.45, 7) is 0. The number of fused-ring (bicyclic) bond motifs is 1. The zero-order chi connectivity index (χ0) is 9.26. The highest BCUT2D eigenvalue weighted by molar-refractivity contribution is 7.99. The van der Waals surface area contributed by atoms with Gasteiger partial charge in [-0.05, 0) is 30.2 Å². The van der Waals surface area contributed by atoms with Crippen molar-refractivity contribution >= 4 is 24.2 Å². The SMILES string of the molecule is COc1ccc2c(c1)CC(N)CS2.Cl. The van der Waals surface area contributed by atoms with Crippen LogP contribution >= 0.6 is 24.2 Å². The first kappa shape index (κ1) is 11.7. The van der Waals surface area contributed by atoms with E-state index in [9.17, 15) is 0 Å². The van der Waals surface area contributed by atoms with Crippen molar-refractivity contribution in [1.29, 1.82) is 0 Å². The van der Waals surface area contributed by atoms with Crippen LogP contribution in [0.1, 0.15) is 5.56 Å². The van der Waals surface area contributed by atoms with Crippen molar-refractivity contribution in [1.82, 2.24) is 0 Å². The largest absolute Gasteiger partial charge is 0.497 e. The van der Waals surface area contributed by atoms with Crippen molar-refractivity contribution in [2.24, 2.45) is 5.73 Å². The van der Waals surface area contributed by atoms with Crippen LogP contribution in [0.2, 0.25) is 0 Å². The molecule has 1 aromatic carbocycles. The molecule has 2 rings (SSSR count). The fourth-order valence-corrected chi connectivity index (χ4v) is 2.52. The van der Waals surface area contributed by atoms with Crippen molar-refractivity contribution < 1.29 is 4.74 Å². The molecule has 2 N–H and O–H groups in total. The maximum atomic E-state index is 5.88. The Hall–Kier alpha value is -0.380. The lowest BCUT2D eigenvalue weighted by Crippen LogP contribution is -2.28. The third-order valence-electron chi connectivity index (χ3n) is 2.20. The normalized spacial score (nSPS) is 19.4. The molecule has 0 bridgehead atoms. The Morgan fingerprint density at radius 1 is 1.50 bits per heavy atom. The molecule has 0 amide bonds. The molecule has 1 unspecified atom stereocenters. The highest BCUT2D eigenvalue weighted by Gasteiger charge is 2.15. The molecular formula is C10H14ClNOS. The Labute approximate surface area is 94.6 Å². The summed E-state index contributed by atoms with van der Waals surface area (Å²) in [5.74, 6) is 1.95. The summed E-state index contributed by atoms with van der Waals surface area (Å²) >= 11 is 1.84. The van der Waals surface area contributed by atoms with Gasteiger partial charge in [-0.15, -0.1) is 24.2 Å². The minimum atomic E-state index is 0. The Morgan fingerprint density at radius 2 is 2.29 bits per heavy atom. The number of benzene rings is 1. The van der Waals surface area contributed by atoms with Crippen molar-refractivity contribution in [2.45, 2.75) is 17.4 Å². The van der Waals surface area contributed by atoms with Gasteiger partial charge in [-0.1, -0.05) is 0 Å². The Morgan fingerprint density at radius 3 is 3.00 bits per heavy atom. The van der Waals surface area contributed by atoms with Crippen LogP contribution in [0.15, 0.2) is 23.1 Å². The van der Waals surface area contributed by atoms with Crippen LogP contribution < -0.4 is 10.5 Å². The molecular weight excluding hydrogens is 218 g/mol. The van der Waals surface area contributed by atoms with Crippen LogP contribution in [0.25, 0.3) is 0 Å². The predicted molar refractivity (Wildman–Crippen MR) is 62.6 cm³/mol. The maximum Gasteiger partial charge on any atom is 0.119 e. The van der Waals surface area contributed by atoms with Gasteiger partial charge in [0.2, 0.25) is 0 Å².